The summed E-state index contributed by atoms with van der Waals surface area (Å²) in [7, 11) is 0. The average molecular weight is 329 g/mol. The highest BCUT2D eigenvalue weighted by Crippen LogP contribution is 2.39. The van der Waals surface area contributed by atoms with E-state index in [0.717, 1.165) is 12.8 Å². The van der Waals surface area contributed by atoms with Crippen molar-refractivity contribution in [1.29, 1.82) is 0 Å². The lowest BCUT2D eigenvalue weighted by Gasteiger charge is -2.22. The molecule has 126 valence electrons. The highest BCUT2D eigenvalue weighted by Gasteiger charge is 2.36. The Morgan fingerprint density at radius 2 is 2.21 bits per heavy atom. The topological polar surface area (TPSA) is 77.7 Å². The molecule has 1 amide bonds. The molecule has 3 heterocycles. The Balaban J connectivity index is 1.63. The van der Waals surface area contributed by atoms with Gasteiger partial charge in [0.25, 0.3) is 5.91 Å². The molecule has 0 saturated carbocycles. The van der Waals surface area contributed by atoms with Crippen LogP contribution in [-0.2, 0) is 0 Å². The van der Waals surface area contributed by atoms with Crippen molar-refractivity contribution in [3.63, 3.8) is 0 Å². The molecule has 4 rings (SSSR count). The van der Waals surface area contributed by atoms with Crippen molar-refractivity contribution in [2.75, 3.05) is 13.3 Å². The van der Waals surface area contributed by atoms with E-state index in [-0.39, 0.29) is 24.7 Å². The fourth-order valence-electron chi connectivity index (χ4n) is 3.15. The molecule has 0 bridgehead atoms. The molecule has 1 aromatic heterocycles. The molecule has 1 aromatic carbocycles. The number of para-hydroxylation sites is 1. The first-order valence-electron chi connectivity index (χ1n) is 8.18. The molecule has 0 aliphatic carbocycles. The van der Waals surface area contributed by atoms with E-state index >= 15 is 0 Å². The summed E-state index contributed by atoms with van der Waals surface area (Å²) >= 11 is 0. The van der Waals surface area contributed by atoms with Crippen LogP contribution >= 0.6 is 0 Å². The van der Waals surface area contributed by atoms with E-state index in [1.165, 1.54) is 0 Å². The number of aromatic nitrogens is 2. The molecule has 0 unspecified atom stereocenters. The van der Waals surface area contributed by atoms with Crippen LogP contribution in [0.4, 0.5) is 0 Å². The maximum atomic E-state index is 13.0. The molecule has 2 aliphatic rings. The Bertz CT molecular complexity index is 771. The maximum Gasteiger partial charge on any atom is 0.258 e. The number of carbonyl (C=O) groups excluding carboxylic acids is 1. The van der Waals surface area contributed by atoms with Gasteiger partial charge in [0.1, 0.15) is 0 Å². The molecule has 24 heavy (non-hydrogen) atoms. The summed E-state index contributed by atoms with van der Waals surface area (Å²) in [6, 6.07) is 5.21. The number of amides is 1. The van der Waals surface area contributed by atoms with Crippen molar-refractivity contribution in [2.24, 2.45) is 0 Å². The van der Waals surface area contributed by atoms with Gasteiger partial charge in [-0.1, -0.05) is 25.1 Å². The zero-order chi connectivity index (χ0) is 16.7. The van der Waals surface area contributed by atoms with E-state index in [4.69, 9.17) is 14.0 Å². The van der Waals surface area contributed by atoms with Crippen LogP contribution in [-0.4, -0.2) is 34.3 Å². The van der Waals surface area contributed by atoms with Crippen LogP contribution in [0.5, 0.6) is 11.5 Å². The van der Waals surface area contributed by atoms with E-state index in [1.54, 1.807) is 23.1 Å². The van der Waals surface area contributed by atoms with Gasteiger partial charge in [0.05, 0.1) is 11.6 Å². The molecule has 2 aromatic rings. The largest absolute Gasteiger partial charge is 0.454 e. The number of benzene rings is 1. The summed E-state index contributed by atoms with van der Waals surface area (Å²) in [6.07, 6.45) is 1.74. The van der Waals surface area contributed by atoms with Crippen LogP contribution in [0.15, 0.2) is 22.7 Å². The van der Waals surface area contributed by atoms with Crippen molar-refractivity contribution in [1.82, 2.24) is 15.0 Å². The zero-order valence-corrected chi connectivity index (χ0v) is 13.7. The highest BCUT2D eigenvalue weighted by molar-refractivity contribution is 5.98. The predicted octanol–water partition coefficient (Wildman–Crippen LogP) is 2.90. The fraction of sp³-hybridized carbons (Fsp3) is 0.471. The second-order valence-electron chi connectivity index (χ2n) is 6.34. The number of fused-ring (bicyclic) bond motifs is 1. The van der Waals surface area contributed by atoms with Crippen molar-refractivity contribution in [3.8, 4) is 11.5 Å². The van der Waals surface area contributed by atoms with Crippen LogP contribution < -0.4 is 9.47 Å². The number of nitrogens with zero attached hydrogens (tertiary/aromatic N) is 3. The zero-order valence-electron chi connectivity index (χ0n) is 13.7. The fourth-order valence-corrected chi connectivity index (χ4v) is 3.15. The van der Waals surface area contributed by atoms with Crippen molar-refractivity contribution >= 4 is 5.91 Å². The number of likely N-dealkylation sites (tertiary alicyclic amines) is 1. The maximum absolute atomic E-state index is 13.0. The van der Waals surface area contributed by atoms with Crippen molar-refractivity contribution < 1.29 is 18.8 Å². The smallest absolute Gasteiger partial charge is 0.258 e. The predicted molar refractivity (Wildman–Crippen MR) is 84.0 cm³/mol. The molecule has 2 aliphatic heterocycles. The van der Waals surface area contributed by atoms with Gasteiger partial charge in [-0.15, -0.1) is 0 Å². The summed E-state index contributed by atoms with van der Waals surface area (Å²) in [5.74, 6) is 2.38. The lowest BCUT2D eigenvalue weighted by atomic mass is 10.1. The minimum absolute atomic E-state index is 0.0873. The molecule has 1 fully saturated rings. The third kappa shape index (κ3) is 2.40. The molecule has 1 saturated heterocycles. The van der Waals surface area contributed by atoms with Crippen LogP contribution in [0.1, 0.15) is 60.7 Å². The number of rotatable bonds is 3. The Morgan fingerprint density at radius 1 is 1.33 bits per heavy atom. The van der Waals surface area contributed by atoms with E-state index in [2.05, 4.69) is 10.1 Å². The minimum atomic E-state index is -0.160. The van der Waals surface area contributed by atoms with Crippen molar-refractivity contribution in [3.05, 3.63) is 35.5 Å². The highest BCUT2D eigenvalue weighted by atomic mass is 16.7. The Hall–Kier alpha value is -2.57. The van der Waals surface area contributed by atoms with Gasteiger partial charge < -0.3 is 18.9 Å². The van der Waals surface area contributed by atoms with Gasteiger partial charge in [-0.25, -0.2) is 0 Å². The lowest BCUT2D eigenvalue weighted by molar-refractivity contribution is 0.0723. The normalized spacial score (nSPS) is 19.3. The number of hydrogen-bond donors (Lipinski definition) is 0. The number of ether oxygens (including phenoxy) is 2. The summed E-state index contributed by atoms with van der Waals surface area (Å²) in [6.45, 7) is 4.81. The van der Waals surface area contributed by atoms with Crippen LogP contribution in [0, 0.1) is 0 Å². The molecular weight excluding hydrogens is 310 g/mol. The minimum Gasteiger partial charge on any atom is -0.454 e. The summed E-state index contributed by atoms with van der Waals surface area (Å²) in [5, 5.41) is 4.08. The molecule has 0 N–H and O–H groups in total. The van der Waals surface area contributed by atoms with E-state index in [1.807, 2.05) is 13.8 Å². The number of hydrogen-bond acceptors (Lipinski definition) is 6. The molecule has 0 radical (unpaired) electrons. The second-order valence-corrected chi connectivity index (χ2v) is 6.34. The van der Waals surface area contributed by atoms with E-state index < -0.39 is 0 Å². The van der Waals surface area contributed by atoms with Gasteiger partial charge in [0.15, 0.2) is 17.3 Å². The molecule has 1 atom stereocenters. The van der Waals surface area contributed by atoms with E-state index in [0.29, 0.717) is 35.3 Å². The van der Waals surface area contributed by atoms with Crippen molar-refractivity contribution in [2.45, 2.75) is 38.6 Å². The molecule has 7 nitrogen and oxygen atoms in total. The monoisotopic (exact) mass is 329 g/mol. The van der Waals surface area contributed by atoms with Gasteiger partial charge in [-0.2, -0.15) is 4.98 Å². The van der Waals surface area contributed by atoms with Gasteiger partial charge >= 0.3 is 0 Å². The molecule has 7 heteroatoms. The standard InChI is InChI=1S/C17H19N3O4/c1-10(2)16-18-15(19-24-16)12-6-4-8-20(12)17(21)11-5-3-7-13-14(11)23-9-22-13/h3,5,7,10,12H,4,6,8-9H2,1-2H3/t12-/m0/s1. The Kier molecular flexibility index (Phi) is 3.63. The first-order chi connectivity index (χ1) is 11.6. The van der Waals surface area contributed by atoms with Gasteiger partial charge in [-0.05, 0) is 25.0 Å². The quantitative estimate of drug-likeness (QED) is 0.861. The lowest BCUT2D eigenvalue weighted by Crippen LogP contribution is -2.31. The summed E-state index contributed by atoms with van der Waals surface area (Å²) in [4.78, 5) is 19.3. The second kappa shape index (κ2) is 5.81. The van der Waals surface area contributed by atoms with Gasteiger partial charge in [0.2, 0.25) is 12.7 Å². The SMILES string of the molecule is CC(C)c1nc([C@@H]2CCCN2C(=O)c2cccc3c2OCO3)no1. The van der Waals surface area contributed by atoms with Gasteiger partial charge in [-0.3, -0.25) is 4.79 Å². The van der Waals surface area contributed by atoms with E-state index in [9.17, 15) is 4.79 Å². The average Bonchev–Trinajstić information content (AvgIpc) is 3.31. The Morgan fingerprint density at radius 3 is 3.00 bits per heavy atom. The first kappa shape index (κ1) is 15.0. The number of carbonyl (C=O) groups is 1. The van der Waals surface area contributed by atoms with Crippen LogP contribution in [0.2, 0.25) is 0 Å². The third-order valence-electron chi connectivity index (χ3n) is 4.39. The van der Waals surface area contributed by atoms with Gasteiger partial charge in [0, 0.05) is 12.5 Å². The molecular formula is C17H19N3O4. The summed E-state index contributed by atoms with van der Waals surface area (Å²) < 4.78 is 16.1. The first-order valence-corrected chi connectivity index (χ1v) is 8.18. The molecule has 0 spiro atoms. The summed E-state index contributed by atoms with van der Waals surface area (Å²) in [5.41, 5.74) is 0.518. The third-order valence-corrected chi connectivity index (χ3v) is 4.39. The Labute approximate surface area is 139 Å². The van der Waals surface area contributed by atoms with Crippen LogP contribution in [0.25, 0.3) is 0 Å². The van der Waals surface area contributed by atoms with Crippen LogP contribution in [0.3, 0.4) is 0 Å².